The van der Waals surface area contributed by atoms with Gasteiger partial charge in [0.1, 0.15) is 12.6 Å². The Kier molecular flexibility index (Phi) is 5.57. The van der Waals surface area contributed by atoms with Crippen LogP contribution in [-0.4, -0.2) is 47.8 Å². The second kappa shape index (κ2) is 7.89. The van der Waals surface area contributed by atoms with Crippen LogP contribution in [0.3, 0.4) is 0 Å². The summed E-state index contributed by atoms with van der Waals surface area (Å²) < 4.78 is 15.6. The second-order valence-corrected chi connectivity index (χ2v) is 6.58. The fourth-order valence-electron chi connectivity index (χ4n) is 3.06. The fourth-order valence-corrected chi connectivity index (χ4v) is 3.06. The summed E-state index contributed by atoms with van der Waals surface area (Å²) in [5.41, 5.74) is 1.82. The zero-order chi connectivity index (χ0) is 19.6. The molecule has 0 amide bonds. The number of rotatable bonds is 6. The molecule has 0 spiro atoms. The molecule has 8 nitrogen and oxygen atoms in total. The fraction of sp³-hybridized carbons (Fsp3) is 0.421. The minimum Gasteiger partial charge on any atom is -0.782 e. The Morgan fingerprint density at radius 2 is 1.85 bits per heavy atom. The Labute approximate surface area is 157 Å². The summed E-state index contributed by atoms with van der Waals surface area (Å²) in [6.45, 7) is 4.76. The van der Waals surface area contributed by atoms with Crippen molar-refractivity contribution >= 4 is 17.8 Å². The summed E-state index contributed by atoms with van der Waals surface area (Å²) >= 11 is 0. The molecule has 3 rings (SSSR count). The highest BCUT2D eigenvalue weighted by Crippen LogP contribution is 2.39. The number of nitrogens with zero attached hydrogens (tertiary/aromatic N) is 2. The minimum absolute atomic E-state index is 0.119. The van der Waals surface area contributed by atoms with E-state index in [1.54, 1.807) is 13.8 Å². The average molecular weight is 373 g/mol. The van der Waals surface area contributed by atoms with Gasteiger partial charge in [-0.15, -0.1) is 0 Å². The van der Waals surface area contributed by atoms with Crippen LogP contribution in [0.4, 0.5) is 0 Å². The first-order valence-electron chi connectivity index (χ1n) is 8.59. The van der Waals surface area contributed by atoms with E-state index in [1.165, 1.54) is 6.92 Å². The first-order chi connectivity index (χ1) is 12.9. The first kappa shape index (κ1) is 19.1. The number of benzene rings is 1. The molecule has 8 heteroatoms. The quantitative estimate of drug-likeness (QED) is 0.555. The van der Waals surface area contributed by atoms with E-state index in [1.807, 2.05) is 30.3 Å². The third-order valence-corrected chi connectivity index (χ3v) is 4.36. The third-order valence-electron chi connectivity index (χ3n) is 4.36. The lowest BCUT2D eigenvalue weighted by Gasteiger charge is -2.54. The van der Waals surface area contributed by atoms with Crippen LogP contribution in [-0.2, 0) is 30.4 Å². The Morgan fingerprint density at radius 1 is 1.15 bits per heavy atom. The van der Waals surface area contributed by atoms with E-state index < -0.39 is 30.3 Å². The van der Waals surface area contributed by atoms with E-state index in [4.69, 9.17) is 14.2 Å². The predicted molar refractivity (Wildman–Crippen MR) is 96.3 cm³/mol. The number of hydrogen-bond donors (Lipinski definition) is 0. The Balaban J connectivity index is 1.69. The molecule has 0 saturated carbocycles. The monoisotopic (exact) mass is 373 g/mol. The number of hydroxylamine groups is 2. The number of esters is 2. The van der Waals surface area contributed by atoms with Gasteiger partial charge in [0.2, 0.25) is 5.90 Å². The molecule has 0 bridgehead atoms. The highest BCUT2D eigenvalue weighted by molar-refractivity contribution is 5.92. The maximum Gasteiger partial charge on any atom is 0.335 e. The van der Waals surface area contributed by atoms with Crippen molar-refractivity contribution in [3.8, 4) is 0 Å². The SMILES string of the molecule is CC(=O)OCC1=NC2C(O1)N([O-])C2C(C(=O)OCc1ccccc1)=C(C)C. The van der Waals surface area contributed by atoms with E-state index in [0.29, 0.717) is 10.6 Å². The summed E-state index contributed by atoms with van der Waals surface area (Å²) in [4.78, 5) is 27.8. The maximum absolute atomic E-state index is 12.6. The topological polar surface area (TPSA) is 100 Å². The minimum atomic E-state index is -0.808. The summed E-state index contributed by atoms with van der Waals surface area (Å²) in [6.07, 6.45) is -0.808. The molecule has 27 heavy (non-hydrogen) atoms. The van der Waals surface area contributed by atoms with Crippen LogP contribution in [0.1, 0.15) is 26.3 Å². The van der Waals surface area contributed by atoms with E-state index >= 15 is 0 Å². The molecular weight excluding hydrogens is 352 g/mol. The second-order valence-electron chi connectivity index (χ2n) is 6.58. The molecule has 3 atom stereocenters. The number of allylic oxidation sites excluding steroid dienone is 1. The van der Waals surface area contributed by atoms with Gasteiger partial charge in [0.25, 0.3) is 0 Å². The highest BCUT2D eigenvalue weighted by Gasteiger charge is 2.52. The molecule has 1 fully saturated rings. The van der Waals surface area contributed by atoms with Gasteiger partial charge in [0.05, 0.1) is 11.6 Å². The molecule has 2 aliphatic rings. The van der Waals surface area contributed by atoms with Crippen LogP contribution < -0.4 is 0 Å². The molecule has 0 radical (unpaired) electrons. The van der Waals surface area contributed by atoms with Gasteiger partial charge < -0.3 is 24.5 Å². The van der Waals surface area contributed by atoms with Crippen LogP contribution in [0.5, 0.6) is 0 Å². The number of hydrogen-bond acceptors (Lipinski definition) is 8. The Bertz CT molecular complexity index is 785. The van der Waals surface area contributed by atoms with Crippen LogP contribution in [0.25, 0.3) is 0 Å². The Morgan fingerprint density at radius 3 is 2.48 bits per heavy atom. The highest BCUT2D eigenvalue weighted by atomic mass is 16.6. The van der Waals surface area contributed by atoms with Gasteiger partial charge in [-0.05, 0) is 19.4 Å². The average Bonchev–Trinajstić information content (AvgIpc) is 3.02. The number of aliphatic imine (C=N–C) groups is 1. The lowest BCUT2D eigenvalue weighted by molar-refractivity contribution is -0.144. The third kappa shape index (κ3) is 4.01. The van der Waals surface area contributed by atoms with Crippen molar-refractivity contribution in [3.05, 3.63) is 52.2 Å². The zero-order valence-corrected chi connectivity index (χ0v) is 15.4. The molecule has 3 unspecified atom stereocenters. The van der Waals surface area contributed by atoms with Gasteiger partial charge in [-0.1, -0.05) is 35.9 Å². The van der Waals surface area contributed by atoms with Crippen molar-refractivity contribution in [1.82, 2.24) is 5.06 Å². The van der Waals surface area contributed by atoms with Crippen LogP contribution >= 0.6 is 0 Å². The van der Waals surface area contributed by atoms with Gasteiger partial charge in [0.15, 0.2) is 12.8 Å². The van der Waals surface area contributed by atoms with Gasteiger partial charge >= 0.3 is 11.9 Å². The van der Waals surface area contributed by atoms with Crippen LogP contribution in [0.15, 0.2) is 46.5 Å². The molecule has 0 aromatic heterocycles. The van der Waals surface area contributed by atoms with Crippen molar-refractivity contribution in [3.63, 3.8) is 0 Å². The number of carbonyl (C=O) groups is 2. The number of carbonyl (C=O) groups excluding carboxylic acids is 2. The van der Waals surface area contributed by atoms with E-state index in [-0.39, 0.29) is 24.7 Å². The van der Waals surface area contributed by atoms with Crippen molar-refractivity contribution in [1.29, 1.82) is 0 Å². The summed E-state index contributed by atoms with van der Waals surface area (Å²) in [5.74, 6) is -0.841. The predicted octanol–water partition coefficient (Wildman–Crippen LogP) is 1.93. The molecular formula is C19H21N2O6-. The molecule has 0 aliphatic carbocycles. The van der Waals surface area contributed by atoms with Gasteiger partial charge in [-0.3, -0.25) is 4.79 Å². The molecule has 1 saturated heterocycles. The molecule has 2 aliphatic heterocycles. The van der Waals surface area contributed by atoms with Crippen LogP contribution in [0.2, 0.25) is 0 Å². The summed E-state index contributed by atoms with van der Waals surface area (Å²) in [5, 5.41) is 13.1. The van der Waals surface area contributed by atoms with Crippen molar-refractivity contribution in [2.75, 3.05) is 6.61 Å². The molecule has 0 N–H and O–H groups in total. The largest absolute Gasteiger partial charge is 0.782 e. The van der Waals surface area contributed by atoms with Gasteiger partial charge in [-0.25, -0.2) is 9.79 Å². The van der Waals surface area contributed by atoms with Crippen molar-refractivity contribution < 1.29 is 23.8 Å². The van der Waals surface area contributed by atoms with E-state index in [2.05, 4.69) is 4.99 Å². The molecule has 144 valence electrons. The lowest BCUT2D eigenvalue weighted by Crippen LogP contribution is -2.64. The standard InChI is InChI=1S/C19H21N2O6/c1-11(2)15(19(23)26-9-13-7-5-4-6-8-13)17-16-18(21(17)24)27-14(20-16)10-25-12(3)22/h4-8,16-18H,9-10H2,1-3H3/q-1. The van der Waals surface area contributed by atoms with E-state index in [0.717, 1.165) is 5.56 Å². The van der Waals surface area contributed by atoms with E-state index in [9.17, 15) is 14.8 Å². The number of fused-ring (bicyclic) bond motifs is 1. The number of ether oxygens (including phenoxy) is 3. The molecule has 1 aromatic rings. The molecule has 2 heterocycles. The lowest BCUT2D eigenvalue weighted by atomic mass is 9.88. The van der Waals surface area contributed by atoms with Crippen molar-refractivity contribution in [2.24, 2.45) is 4.99 Å². The maximum atomic E-state index is 12.6. The first-order valence-corrected chi connectivity index (χ1v) is 8.59. The Hall–Kier alpha value is -2.71. The summed E-state index contributed by atoms with van der Waals surface area (Å²) in [7, 11) is 0. The smallest absolute Gasteiger partial charge is 0.335 e. The van der Waals surface area contributed by atoms with Gasteiger partial charge in [0, 0.05) is 6.92 Å². The van der Waals surface area contributed by atoms with Crippen molar-refractivity contribution in [2.45, 2.75) is 45.7 Å². The van der Waals surface area contributed by atoms with Crippen LogP contribution in [0, 0.1) is 5.21 Å². The normalized spacial score (nSPS) is 23.4. The van der Waals surface area contributed by atoms with Gasteiger partial charge in [-0.2, -0.15) is 0 Å². The summed E-state index contributed by atoms with van der Waals surface area (Å²) in [6, 6.07) is 7.99. The molecule has 1 aromatic carbocycles. The zero-order valence-electron chi connectivity index (χ0n) is 15.4.